The lowest BCUT2D eigenvalue weighted by Crippen LogP contribution is -2.37. The topological polar surface area (TPSA) is 68.6 Å². The lowest BCUT2D eigenvalue weighted by molar-refractivity contribution is -0.141. The van der Waals surface area contributed by atoms with Crippen molar-refractivity contribution in [3.05, 3.63) is 70.9 Å². The van der Waals surface area contributed by atoms with Crippen LogP contribution < -0.4 is 15.0 Å². The van der Waals surface area contributed by atoms with Crippen LogP contribution in [0.2, 0.25) is 5.02 Å². The number of ether oxygens (including phenoxy) is 2. The molecule has 2 aromatic carbocycles. The van der Waals surface area contributed by atoms with Gasteiger partial charge in [0.1, 0.15) is 0 Å². The number of halogens is 4. The molecule has 1 aliphatic rings. The number of carbonyl (C=O) groups is 1. The molecule has 0 unspecified atom stereocenters. The molecule has 0 aliphatic carbocycles. The molecule has 1 N–H and O–H groups in total. The van der Waals surface area contributed by atoms with Gasteiger partial charge in [0.2, 0.25) is 5.88 Å². The number of hydrogen-bond donors (Lipinski definition) is 1. The predicted octanol–water partition coefficient (Wildman–Crippen LogP) is 4.08. The van der Waals surface area contributed by atoms with E-state index in [-0.39, 0.29) is 23.1 Å². The molecule has 11 heteroatoms. The van der Waals surface area contributed by atoms with Gasteiger partial charge in [-0.15, -0.1) is 0 Å². The van der Waals surface area contributed by atoms with Crippen molar-refractivity contribution in [1.82, 2.24) is 15.1 Å². The monoisotopic (exact) mass is 494 g/mol. The van der Waals surface area contributed by atoms with Crippen LogP contribution in [0.5, 0.6) is 5.88 Å². The van der Waals surface area contributed by atoms with E-state index in [0.717, 1.165) is 35.1 Å². The highest BCUT2D eigenvalue weighted by Crippen LogP contribution is 2.33. The first-order valence-corrected chi connectivity index (χ1v) is 10.9. The van der Waals surface area contributed by atoms with E-state index < -0.39 is 24.4 Å². The number of anilines is 1. The molecule has 180 valence electrons. The van der Waals surface area contributed by atoms with Crippen molar-refractivity contribution in [1.29, 1.82) is 0 Å². The molecule has 1 fully saturated rings. The number of morpholine rings is 1. The van der Waals surface area contributed by atoms with Crippen LogP contribution in [0, 0.1) is 0 Å². The molecule has 1 aromatic heterocycles. The molecular formula is C23H22ClF3N4O3. The van der Waals surface area contributed by atoms with Crippen molar-refractivity contribution in [3.8, 4) is 11.6 Å². The summed E-state index contributed by atoms with van der Waals surface area (Å²) in [6.45, 7) is 2.52. The van der Waals surface area contributed by atoms with Gasteiger partial charge in [-0.1, -0.05) is 41.9 Å². The highest BCUT2D eigenvalue weighted by Gasteiger charge is 2.36. The predicted molar refractivity (Wildman–Crippen MR) is 120 cm³/mol. The molecule has 0 bridgehead atoms. The molecular weight excluding hydrogens is 473 g/mol. The maximum atomic E-state index is 13.2. The van der Waals surface area contributed by atoms with Crippen LogP contribution in [0.4, 0.5) is 18.9 Å². The maximum Gasteiger partial charge on any atom is 0.435 e. The number of nitrogens with one attached hydrogen (secondary N) is 1. The summed E-state index contributed by atoms with van der Waals surface area (Å²) >= 11 is 6.12. The lowest BCUT2D eigenvalue weighted by Gasteiger charge is -2.30. The molecule has 2 heterocycles. The smallest absolute Gasteiger partial charge is 0.435 e. The molecule has 3 aromatic rings. The molecule has 7 nitrogen and oxygen atoms in total. The van der Waals surface area contributed by atoms with Crippen LogP contribution in [0.25, 0.3) is 5.69 Å². The number of rotatable bonds is 7. The van der Waals surface area contributed by atoms with Crippen molar-refractivity contribution >= 4 is 23.2 Å². The number of para-hydroxylation sites is 2. The van der Waals surface area contributed by atoms with Crippen molar-refractivity contribution in [3.63, 3.8) is 0 Å². The molecule has 0 atom stereocenters. The van der Waals surface area contributed by atoms with Crippen LogP contribution in [-0.4, -0.2) is 48.6 Å². The molecule has 4 rings (SSSR count). The van der Waals surface area contributed by atoms with Gasteiger partial charge in [-0.3, -0.25) is 4.79 Å². The van der Waals surface area contributed by atoms with Crippen molar-refractivity contribution in [2.75, 3.05) is 37.8 Å². The summed E-state index contributed by atoms with van der Waals surface area (Å²) < 4.78 is 51.5. The third-order valence-electron chi connectivity index (χ3n) is 5.22. The summed E-state index contributed by atoms with van der Waals surface area (Å²) in [6.07, 6.45) is -4.68. The van der Waals surface area contributed by atoms with E-state index in [2.05, 4.69) is 15.3 Å². The second kappa shape index (κ2) is 10.4. The molecule has 1 saturated heterocycles. The largest absolute Gasteiger partial charge is 0.467 e. The number of benzene rings is 2. The van der Waals surface area contributed by atoms with Gasteiger partial charge < -0.3 is 19.7 Å². The van der Waals surface area contributed by atoms with Crippen molar-refractivity contribution in [2.24, 2.45) is 0 Å². The Hall–Kier alpha value is -3.24. The van der Waals surface area contributed by atoms with E-state index in [1.54, 1.807) is 12.1 Å². The number of alkyl halides is 3. The van der Waals surface area contributed by atoms with Gasteiger partial charge in [0, 0.05) is 31.4 Å². The summed E-state index contributed by atoms with van der Waals surface area (Å²) in [7, 11) is 0. The minimum atomic E-state index is -4.68. The van der Waals surface area contributed by atoms with Gasteiger partial charge in [-0.2, -0.15) is 23.0 Å². The van der Waals surface area contributed by atoms with E-state index in [4.69, 9.17) is 21.1 Å². The van der Waals surface area contributed by atoms with Gasteiger partial charge in [0.05, 0.1) is 23.9 Å². The number of carbonyl (C=O) groups excluding carboxylic acids is 1. The van der Waals surface area contributed by atoms with E-state index >= 15 is 0 Å². The fourth-order valence-corrected chi connectivity index (χ4v) is 3.77. The summed E-state index contributed by atoms with van der Waals surface area (Å²) in [4.78, 5) is 14.6. The zero-order valence-corrected chi connectivity index (χ0v) is 18.8. The third-order valence-corrected chi connectivity index (χ3v) is 5.54. The zero-order valence-electron chi connectivity index (χ0n) is 18.0. The highest BCUT2D eigenvalue weighted by atomic mass is 35.5. The standard InChI is InChI=1S/C23H22ClF3N4O3/c24-17-6-2-4-8-19(17)31-22(13-20(29-31)23(25,26)27)34-15-21(32)28-14-16-5-1-3-7-18(16)30-9-11-33-12-10-30/h1-8,13H,9-12,14-15H2,(H,28,32). The number of aromatic nitrogens is 2. The van der Waals surface area contributed by atoms with Gasteiger partial charge in [-0.05, 0) is 23.8 Å². The first-order chi connectivity index (χ1) is 16.3. The van der Waals surface area contributed by atoms with Gasteiger partial charge >= 0.3 is 6.18 Å². The van der Waals surface area contributed by atoms with Crippen LogP contribution in [-0.2, 0) is 22.3 Å². The third kappa shape index (κ3) is 5.63. The van der Waals surface area contributed by atoms with Crippen LogP contribution in [0.15, 0.2) is 54.6 Å². The Bertz CT molecular complexity index is 1150. The Balaban J connectivity index is 1.44. The first kappa shape index (κ1) is 23.9. The maximum absolute atomic E-state index is 13.2. The number of amides is 1. The second-order valence-electron chi connectivity index (χ2n) is 7.52. The van der Waals surface area contributed by atoms with Gasteiger partial charge in [-0.25, -0.2) is 0 Å². The minimum Gasteiger partial charge on any atom is -0.467 e. The normalized spacial score (nSPS) is 14.2. The first-order valence-electron chi connectivity index (χ1n) is 10.5. The van der Waals surface area contributed by atoms with Gasteiger partial charge in [0.25, 0.3) is 5.91 Å². The molecule has 0 radical (unpaired) electrons. The lowest BCUT2D eigenvalue weighted by atomic mass is 10.1. The van der Waals surface area contributed by atoms with Gasteiger partial charge in [0.15, 0.2) is 12.3 Å². The van der Waals surface area contributed by atoms with E-state index in [1.165, 1.54) is 12.1 Å². The second-order valence-corrected chi connectivity index (χ2v) is 7.93. The molecule has 1 aliphatic heterocycles. The Morgan fingerprint density at radius 2 is 1.76 bits per heavy atom. The van der Waals surface area contributed by atoms with E-state index in [1.807, 2.05) is 24.3 Å². The molecule has 34 heavy (non-hydrogen) atoms. The molecule has 0 spiro atoms. The summed E-state index contributed by atoms with van der Waals surface area (Å²) in [5, 5.41) is 6.53. The van der Waals surface area contributed by atoms with Crippen LogP contribution >= 0.6 is 11.6 Å². The zero-order chi connectivity index (χ0) is 24.1. The Morgan fingerprint density at radius 1 is 1.09 bits per heavy atom. The Morgan fingerprint density at radius 3 is 2.47 bits per heavy atom. The highest BCUT2D eigenvalue weighted by molar-refractivity contribution is 6.32. The fourth-order valence-electron chi connectivity index (χ4n) is 3.56. The fraction of sp³-hybridized carbons (Fsp3) is 0.304. The van der Waals surface area contributed by atoms with E-state index in [0.29, 0.717) is 13.2 Å². The average molecular weight is 495 g/mol. The van der Waals surface area contributed by atoms with Crippen molar-refractivity contribution < 1.29 is 27.4 Å². The number of hydrogen-bond acceptors (Lipinski definition) is 5. The number of nitrogens with zero attached hydrogens (tertiary/aromatic N) is 3. The average Bonchev–Trinajstić information content (AvgIpc) is 3.27. The van der Waals surface area contributed by atoms with Crippen molar-refractivity contribution in [2.45, 2.75) is 12.7 Å². The molecule has 0 saturated carbocycles. The molecule has 1 amide bonds. The van der Waals surface area contributed by atoms with Crippen LogP contribution in [0.1, 0.15) is 11.3 Å². The van der Waals surface area contributed by atoms with Crippen LogP contribution in [0.3, 0.4) is 0 Å². The Labute approximate surface area is 199 Å². The quantitative estimate of drug-likeness (QED) is 0.536. The summed E-state index contributed by atoms with van der Waals surface area (Å²) in [5.41, 5.74) is 0.966. The van der Waals surface area contributed by atoms with E-state index in [9.17, 15) is 18.0 Å². The Kier molecular flexibility index (Phi) is 7.28. The summed E-state index contributed by atoms with van der Waals surface area (Å²) in [6, 6.07) is 14.7. The minimum absolute atomic E-state index is 0.188. The summed E-state index contributed by atoms with van der Waals surface area (Å²) in [5.74, 6) is -0.735. The SMILES string of the molecule is O=C(COc1cc(C(F)(F)F)nn1-c1ccccc1Cl)NCc1ccccc1N1CCOCC1.